The number of benzene rings is 10. The SMILES string of the molecule is CSCC[C@H](NC(=O)[C@H](CC(=O)NC(c1ccccc1)(c1ccccc1)c1ccccc1)NC(=O)[C@@H](NC(=O)[C@@H](N)CSC(c1ccccc1)(c1ccccc1)c1ccccc1)[C@@H](C)OC(C)(C)C)C(=O)N[C@@H](CC(C)C)C(=O)N[C@@H](Cc1cn(C(=O)OC(C)(C)C)c2ccccc12)C(=O)N[C@@H](CCC(=O)NC(c1ccccc1)(c1ccccc1)c1ccccc1)C(=O)O. The lowest BCUT2D eigenvalue weighted by molar-refractivity contribution is -0.143. The fourth-order valence-corrected chi connectivity index (χ4v) is 18.2. The van der Waals surface area contributed by atoms with Gasteiger partial charge < -0.3 is 62.8 Å². The molecule has 0 radical (unpaired) electrons. The summed E-state index contributed by atoms with van der Waals surface area (Å²) in [5, 5.41) is 35.0. The van der Waals surface area contributed by atoms with Gasteiger partial charge in [0.15, 0.2) is 0 Å². The number of para-hydroxylation sites is 1. The number of carboxylic acids is 1. The molecule has 0 saturated carbocycles. The second-order valence-electron chi connectivity index (χ2n) is 34.4. The predicted octanol–water partition coefficient (Wildman–Crippen LogP) is 14.4. The first-order valence-corrected chi connectivity index (χ1v) is 45.8. The van der Waals surface area contributed by atoms with Crippen LogP contribution in [0.3, 0.4) is 0 Å². The summed E-state index contributed by atoms with van der Waals surface area (Å²) < 4.78 is 12.7. The van der Waals surface area contributed by atoms with Gasteiger partial charge in [0, 0.05) is 30.2 Å². The van der Waals surface area contributed by atoms with Crippen LogP contribution in [0.5, 0.6) is 0 Å². The number of hydrogen-bond acceptors (Lipinski definition) is 15. The Morgan fingerprint density at radius 3 is 1.19 bits per heavy atom. The van der Waals surface area contributed by atoms with E-state index in [9.17, 15) is 19.5 Å². The standard InChI is InChI=1S/C104H116N10O13S2/c1-69(2)64-85(94(119)109-86(65-71-67-114(99(125)127-101(7,8)9)88-59-39-38-58-81(71)88)95(120)107-84(98(123)124)60-61-89(115)112-102(72-40-20-11-21-41-72,73-42-22-12-23-43-73)74-44-24-13-25-45-74)108-93(118)83(62-63-128-10)106-96(121)87(66-90(116)113-103(75-46-26-14-27-47-75,76-48-28-15-29-49-76)77-50-30-16-31-51-77)110-97(122)91(70(3)126-100(4,5)6)111-92(117)82(105)68-129-104(78-52-32-17-33-53-78,79-54-34-18-35-55-79)80-56-36-19-37-57-80/h11-59,67,69-70,82-87,91H,60-66,68,105H2,1-10H3,(H,106,121)(H,107,120)(H,108,118)(H,109,119)(H,110,122)(H,111,117)(H,112,115)(H,113,116)(H,123,124)/t70-,82+,83+,84+,85+,86+,87+,91+/m1/s1. The zero-order valence-corrected chi connectivity index (χ0v) is 76.0. The van der Waals surface area contributed by atoms with Crippen molar-refractivity contribution in [1.29, 1.82) is 0 Å². The molecule has 11 aromatic rings. The zero-order valence-electron chi connectivity index (χ0n) is 74.4. The van der Waals surface area contributed by atoms with E-state index in [2.05, 4.69) is 42.5 Å². The fourth-order valence-electron chi connectivity index (χ4n) is 16.2. The molecule has 23 nitrogen and oxygen atoms in total. The van der Waals surface area contributed by atoms with Gasteiger partial charge in [0.2, 0.25) is 47.3 Å². The van der Waals surface area contributed by atoms with Crippen LogP contribution in [-0.4, -0.2) is 146 Å². The molecule has 0 unspecified atom stereocenters. The van der Waals surface area contributed by atoms with Crippen molar-refractivity contribution < 1.29 is 62.5 Å². The van der Waals surface area contributed by atoms with Crippen LogP contribution in [0.4, 0.5) is 4.79 Å². The van der Waals surface area contributed by atoms with Gasteiger partial charge in [0.1, 0.15) is 52.9 Å². The highest BCUT2D eigenvalue weighted by molar-refractivity contribution is 8.00. The monoisotopic (exact) mass is 1780 g/mol. The number of ether oxygens (including phenoxy) is 2. The summed E-state index contributed by atoms with van der Waals surface area (Å²) in [5.74, 6) is -8.41. The summed E-state index contributed by atoms with van der Waals surface area (Å²) >= 11 is 2.78. The molecule has 8 atom stereocenters. The molecule has 0 aliphatic rings. The first-order chi connectivity index (χ1) is 61.8. The molecule has 0 spiro atoms. The molecular weight excluding hydrogens is 1660 g/mol. The number of nitrogens with two attached hydrogens (primary N) is 1. The summed E-state index contributed by atoms with van der Waals surface area (Å²) in [4.78, 5) is 152. The maximum atomic E-state index is 16.0. The molecule has 11 rings (SSSR count). The lowest BCUT2D eigenvalue weighted by Crippen LogP contribution is -2.62. The molecule has 0 fully saturated rings. The van der Waals surface area contributed by atoms with Crippen molar-refractivity contribution in [3.05, 3.63) is 359 Å². The van der Waals surface area contributed by atoms with Crippen LogP contribution in [0.1, 0.15) is 150 Å². The molecule has 0 saturated heterocycles. The number of aliphatic carboxylic acids is 1. The highest BCUT2D eigenvalue weighted by Crippen LogP contribution is 2.49. The van der Waals surface area contributed by atoms with Gasteiger partial charge in [-0.1, -0.05) is 305 Å². The maximum absolute atomic E-state index is 16.0. The van der Waals surface area contributed by atoms with Gasteiger partial charge in [0.05, 0.1) is 34.4 Å². The predicted molar refractivity (Wildman–Crippen MR) is 507 cm³/mol. The van der Waals surface area contributed by atoms with Crippen LogP contribution in [0, 0.1) is 5.92 Å². The number of nitrogens with one attached hydrogen (secondary N) is 8. The Morgan fingerprint density at radius 2 is 0.775 bits per heavy atom. The molecule has 1 heterocycles. The number of rotatable bonds is 41. The number of aromatic nitrogens is 1. The molecule has 672 valence electrons. The molecule has 25 heteroatoms. The van der Waals surface area contributed by atoms with Crippen molar-refractivity contribution in [3.63, 3.8) is 0 Å². The molecule has 8 amide bonds. The van der Waals surface area contributed by atoms with Gasteiger partial charge in [-0.3, -0.25) is 42.9 Å². The van der Waals surface area contributed by atoms with Crippen LogP contribution >= 0.6 is 23.5 Å². The van der Waals surface area contributed by atoms with Crippen molar-refractivity contribution in [2.45, 2.75) is 176 Å². The van der Waals surface area contributed by atoms with Crippen LogP contribution < -0.4 is 48.3 Å². The smallest absolute Gasteiger partial charge is 0.419 e. The Labute approximate surface area is 763 Å². The van der Waals surface area contributed by atoms with E-state index >= 15 is 33.6 Å². The zero-order chi connectivity index (χ0) is 92.5. The Hall–Kier alpha value is -12.9. The molecule has 0 aliphatic carbocycles. The minimum absolute atomic E-state index is 0.0164. The molecule has 0 bridgehead atoms. The Kier molecular flexibility index (Phi) is 33.5. The van der Waals surface area contributed by atoms with E-state index in [0.29, 0.717) is 49.8 Å². The topological polar surface area (TPSA) is 337 Å². The van der Waals surface area contributed by atoms with Crippen LogP contribution in [0.25, 0.3) is 10.9 Å². The van der Waals surface area contributed by atoms with E-state index in [1.54, 1.807) is 92.8 Å². The molecular formula is C104H116N10O13S2. The largest absolute Gasteiger partial charge is 0.480 e. The third kappa shape index (κ3) is 24.9. The molecule has 0 aliphatic heterocycles. The second-order valence-corrected chi connectivity index (χ2v) is 36.7. The Bertz CT molecular complexity index is 5290. The summed E-state index contributed by atoms with van der Waals surface area (Å²) in [6.07, 6.45) is -0.772. The van der Waals surface area contributed by atoms with Crippen molar-refractivity contribution in [2.24, 2.45) is 11.7 Å². The number of fused-ring (bicyclic) bond motifs is 1. The van der Waals surface area contributed by atoms with Gasteiger partial charge in [-0.25, -0.2) is 9.59 Å². The summed E-state index contributed by atoms with van der Waals surface area (Å²) in [7, 11) is 0. The van der Waals surface area contributed by atoms with Crippen molar-refractivity contribution in [2.75, 3.05) is 17.8 Å². The molecule has 10 aromatic carbocycles. The fraction of sp³-hybridized carbons (Fsp3) is 0.308. The van der Waals surface area contributed by atoms with Crippen molar-refractivity contribution >= 4 is 93.7 Å². The number of carboxylic acid groups (broad SMARTS) is 1. The number of thioether (sulfide) groups is 2. The third-order valence-corrected chi connectivity index (χ3v) is 24.5. The van der Waals surface area contributed by atoms with E-state index in [1.807, 2.05) is 273 Å². The van der Waals surface area contributed by atoms with Gasteiger partial charge in [-0.05, 0) is 147 Å². The van der Waals surface area contributed by atoms with E-state index < -0.39 is 154 Å². The maximum Gasteiger partial charge on any atom is 0.419 e. The van der Waals surface area contributed by atoms with Crippen LogP contribution in [0.2, 0.25) is 0 Å². The summed E-state index contributed by atoms with van der Waals surface area (Å²) in [6.45, 7) is 15.6. The molecule has 1 aromatic heterocycles. The van der Waals surface area contributed by atoms with Gasteiger partial charge in [-0.2, -0.15) is 11.8 Å². The lowest BCUT2D eigenvalue weighted by atomic mass is 9.77. The first-order valence-electron chi connectivity index (χ1n) is 43.4. The highest BCUT2D eigenvalue weighted by atomic mass is 32.2. The van der Waals surface area contributed by atoms with Gasteiger partial charge in [-0.15, -0.1) is 11.8 Å². The minimum atomic E-state index is -1.85. The number of amides is 8. The Morgan fingerprint density at radius 1 is 0.411 bits per heavy atom. The van der Waals surface area contributed by atoms with E-state index in [4.69, 9.17) is 15.2 Å². The van der Waals surface area contributed by atoms with Gasteiger partial charge >= 0.3 is 12.1 Å². The van der Waals surface area contributed by atoms with E-state index in [1.165, 1.54) is 34.3 Å². The van der Waals surface area contributed by atoms with Crippen LogP contribution in [-0.2, 0) is 74.9 Å². The van der Waals surface area contributed by atoms with Crippen molar-refractivity contribution in [3.8, 4) is 0 Å². The Balaban J connectivity index is 0.911. The van der Waals surface area contributed by atoms with E-state index in [-0.39, 0.29) is 36.7 Å². The number of carbonyl (C=O) groups excluding carboxylic acids is 9. The average molecular weight is 1780 g/mol. The van der Waals surface area contributed by atoms with E-state index in [0.717, 1.165) is 16.7 Å². The van der Waals surface area contributed by atoms with Crippen LogP contribution in [0.15, 0.2) is 303 Å². The average Bonchev–Trinajstić information content (AvgIpc) is 1.76. The lowest BCUT2D eigenvalue weighted by Gasteiger charge is -2.37. The normalized spacial score (nSPS) is 13.7. The minimum Gasteiger partial charge on any atom is -0.480 e. The molecule has 11 N–H and O–H groups in total. The summed E-state index contributed by atoms with van der Waals surface area (Å²) in [5.41, 5.74) is 10.0. The number of nitrogens with zero attached hydrogens (tertiary/aromatic N) is 1. The molecule has 129 heavy (non-hydrogen) atoms. The van der Waals surface area contributed by atoms with Gasteiger partial charge in [0.25, 0.3) is 0 Å². The first kappa shape index (κ1) is 96.7. The number of carbonyl (C=O) groups is 10. The number of hydrogen-bond donors (Lipinski definition) is 10. The quantitative estimate of drug-likeness (QED) is 0.0159. The third-order valence-electron chi connectivity index (χ3n) is 22.2. The second kappa shape index (κ2) is 44.7. The summed E-state index contributed by atoms with van der Waals surface area (Å²) in [6, 6.07) is 81.1. The van der Waals surface area contributed by atoms with Crippen molar-refractivity contribution in [1.82, 2.24) is 47.1 Å². The highest BCUT2D eigenvalue weighted by Gasteiger charge is 2.45.